The van der Waals surface area contributed by atoms with Gasteiger partial charge in [-0.15, -0.1) is 6.58 Å². The van der Waals surface area contributed by atoms with Crippen molar-refractivity contribution in [2.24, 2.45) is 11.7 Å². The predicted molar refractivity (Wildman–Crippen MR) is 71.6 cm³/mol. The first-order chi connectivity index (χ1) is 8.24. The topological polar surface area (TPSA) is 55.1 Å². The number of carbonyl (C=O) groups is 1. The Labute approximate surface area is 105 Å². The highest BCUT2D eigenvalue weighted by Gasteiger charge is 2.23. The normalized spacial score (nSPS) is 24.5. The number of amides is 1. The summed E-state index contributed by atoms with van der Waals surface area (Å²) in [5, 5.41) is 3.58. The lowest BCUT2D eigenvalue weighted by molar-refractivity contribution is -0.122. The number of hydrogen-bond donors (Lipinski definition) is 2. The molecule has 0 saturated heterocycles. The molecule has 1 amide bonds. The zero-order chi connectivity index (χ0) is 12.5. The van der Waals surface area contributed by atoms with E-state index < -0.39 is 0 Å². The van der Waals surface area contributed by atoms with Crippen LogP contribution in [0.5, 0.6) is 0 Å². The number of nitrogens with one attached hydrogen (secondary N) is 1. The number of rotatable bonds is 8. The van der Waals surface area contributed by atoms with E-state index in [1.54, 1.807) is 0 Å². The van der Waals surface area contributed by atoms with Crippen molar-refractivity contribution in [3.8, 4) is 0 Å². The van der Waals surface area contributed by atoms with E-state index in [9.17, 15) is 4.79 Å². The van der Waals surface area contributed by atoms with Crippen molar-refractivity contribution < 1.29 is 4.79 Å². The van der Waals surface area contributed by atoms with E-state index in [4.69, 9.17) is 5.73 Å². The summed E-state index contributed by atoms with van der Waals surface area (Å²) in [4.78, 5) is 11.0. The molecule has 0 aliphatic heterocycles. The Morgan fingerprint density at radius 1 is 1.24 bits per heavy atom. The third kappa shape index (κ3) is 5.87. The van der Waals surface area contributed by atoms with Crippen molar-refractivity contribution in [2.45, 2.75) is 57.4 Å². The van der Waals surface area contributed by atoms with E-state index in [2.05, 4.69) is 11.9 Å². The van der Waals surface area contributed by atoms with Crippen LogP contribution in [-0.2, 0) is 4.79 Å². The van der Waals surface area contributed by atoms with E-state index in [1.165, 1.54) is 19.3 Å². The Morgan fingerprint density at radius 2 is 1.94 bits per heavy atom. The van der Waals surface area contributed by atoms with Gasteiger partial charge in [-0.1, -0.05) is 12.5 Å². The van der Waals surface area contributed by atoms with E-state index in [0.717, 1.165) is 38.6 Å². The van der Waals surface area contributed by atoms with Gasteiger partial charge in [0, 0.05) is 12.0 Å². The molecule has 0 heterocycles. The van der Waals surface area contributed by atoms with Gasteiger partial charge < -0.3 is 11.1 Å². The second-order valence-corrected chi connectivity index (χ2v) is 5.04. The first kappa shape index (κ1) is 14.2. The van der Waals surface area contributed by atoms with Crippen LogP contribution >= 0.6 is 0 Å². The van der Waals surface area contributed by atoms with Gasteiger partial charge in [0.05, 0.1) is 0 Å². The molecule has 3 nitrogen and oxygen atoms in total. The second-order valence-electron chi connectivity index (χ2n) is 5.04. The fraction of sp³-hybridized carbons (Fsp3) is 0.786. The fourth-order valence-electron chi connectivity index (χ4n) is 2.48. The lowest BCUT2D eigenvalue weighted by Gasteiger charge is -2.27. The predicted octanol–water partition coefficient (Wildman–Crippen LogP) is 2.37. The molecule has 0 aromatic carbocycles. The van der Waals surface area contributed by atoms with Crippen molar-refractivity contribution in [2.75, 3.05) is 6.54 Å². The van der Waals surface area contributed by atoms with E-state index >= 15 is 0 Å². The summed E-state index contributed by atoms with van der Waals surface area (Å²) >= 11 is 0. The van der Waals surface area contributed by atoms with Gasteiger partial charge >= 0.3 is 0 Å². The van der Waals surface area contributed by atoms with Crippen molar-refractivity contribution in [1.82, 2.24) is 5.32 Å². The molecule has 3 N–H and O–H groups in total. The standard InChI is InChI=1S/C14H26N2O/c1-2-3-4-5-6-11-16-13-9-7-12(8-10-13)14(15)17/h2,12-13,16H,1,3-11H2,(H2,15,17). The number of carbonyl (C=O) groups excluding carboxylic acids is 1. The third-order valence-electron chi connectivity index (χ3n) is 3.65. The van der Waals surface area contributed by atoms with Crippen molar-refractivity contribution in [1.29, 1.82) is 0 Å². The largest absolute Gasteiger partial charge is 0.369 e. The smallest absolute Gasteiger partial charge is 0.220 e. The minimum absolute atomic E-state index is 0.118. The minimum atomic E-state index is -0.118. The van der Waals surface area contributed by atoms with Gasteiger partial charge in [-0.2, -0.15) is 0 Å². The molecule has 1 rings (SSSR count). The van der Waals surface area contributed by atoms with E-state index in [0.29, 0.717) is 6.04 Å². The SMILES string of the molecule is C=CCCCCCNC1CCC(C(N)=O)CC1. The fourth-order valence-corrected chi connectivity index (χ4v) is 2.48. The summed E-state index contributed by atoms with van der Waals surface area (Å²) in [5.41, 5.74) is 5.31. The van der Waals surface area contributed by atoms with Gasteiger partial charge in [-0.05, 0) is 51.5 Å². The Morgan fingerprint density at radius 3 is 2.53 bits per heavy atom. The molecule has 0 atom stereocenters. The molecule has 0 radical (unpaired) electrons. The summed E-state index contributed by atoms with van der Waals surface area (Å²) in [6, 6.07) is 0.602. The number of primary amides is 1. The molecular weight excluding hydrogens is 212 g/mol. The number of nitrogens with two attached hydrogens (primary N) is 1. The molecule has 0 bridgehead atoms. The molecule has 0 aromatic heterocycles. The highest BCUT2D eigenvalue weighted by molar-refractivity contribution is 5.76. The average molecular weight is 238 g/mol. The summed E-state index contributed by atoms with van der Waals surface area (Å²) in [5.74, 6) is 0.00789. The molecule has 1 aliphatic rings. The number of hydrogen-bond acceptors (Lipinski definition) is 2. The Balaban J connectivity index is 1.99. The van der Waals surface area contributed by atoms with Crippen LogP contribution in [0.1, 0.15) is 51.4 Å². The second kappa shape index (κ2) is 8.29. The molecule has 0 aromatic rings. The van der Waals surface area contributed by atoms with Crippen LogP contribution in [0.15, 0.2) is 12.7 Å². The van der Waals surface area contributed by atoms with Gasteiger partial charge in [-0.25, -0.2) is 0 Å². The van der Waals surface area contributed by atoms with Gasteiger partial charge in [-0.3, -0.25) is 4.79 Å². The highest BCUT2D eigenvalue weighted by atomic mass is 16.1. The molecule has 0 spiro atoms. The lowest BCUT2D eigenvalue weighted by atomic mass is 9.85. The molecule has 98 valence electrons. The molecule has 17 heavy (non-hydrogen) atoms. The van der Waals surface area contributed by atoms with Crippen LogP contribution in [0.4, 0.5) is 0 Å². The molecular formula is C14H26N2O. The van der Waals surface area contributed by atoms with E-state index in [1.807, 2.05) is 6.08 Å². The Bertz CT molecular complexity index is 232. The van der Waals surface area contributed by atoms with Crippen LogP contribution in [0.25, 0.3) is 0 Å². The monoisotopic (exact) mass is 238 g/mol. The first-order valence-electron chi connectivity index (χ1n) is 6.87. The summed E-state index contributed by atoms with van der Waals surface area (Å²) in [6.45, 7) is 4.82. The van der Waals surface area contributed by atoms with Crippen LogP contribution < -0.4 is 11.1 Å². The van der Waals surface area contributed by atoms with Gasteiger partial charge in [0.15, 0.2) is 0 Å². The highest BCUT2D eigenvalue weighted by Crippen LogP contribution is 2.23. The molecule has 1 aliphatic carbocycles. The van der Waals surface area contributed by atoms with Gasteiger partial charge in [0.1, 0.15) is 0 Å². The zero-order valence-electron chi connectivity index (χ0n) is 10.8. The first-order valence-corrected chi connectivity index (χ1v) is 6.87. The lowest BCUT2D eigenvalue weighted by Crippen LogP contribution is -2.37. The van der Waals surface area contributed by atoms with Crippen LogP contribution in [0, 0.1) is 5.92 Å². The maximum absolute atomic E-state index is 11.0. The number of allylic oxidation sites excluding steroid dienone is 1. The average Bonchev–Trinajstić information content (AvgIpc) is 2.34. The molecule has 1 fully saturated rings. The quantitative estimate of drug-likeness (QED) is 0.504. The minimum Gasteiger partial charge on any atom is -0.369 e. The summed E-state index contributed by atoms with van der Waals surface area (Å²) in [6.07, 6.45) is 11.0. The van der Waals surface area contributed by atoms with E-state index in [-0.39, 0.29) is 11.8 Å². The third-order valence-corrected chi connectivity index (χ3v) is 3.65. The maximum Gasteiger partial charge on any atom is 0.220 e. The number of unbranched alkanes of at least 4 members (excludes halogenated alkanes) is 3. The van der Waals surface area contributed by atoms with Crippen LogP contribution in [-0.4, -0.2) is 18.5 Å². The van der Waals surface area contributed by atoms with Crippen LogP contribution in [0.2, 0.25) is 0 Å². The molecule has 1 saturated carbocycles. The Kier molecular flexibility index (Phi) is 6.94. The van der Waals surface area contributed by atoms with Crippen LogP contribution in [0.3, 0.4) is 0 Å². The zero-order valence-corrected chi connectivity index (χ0v) is 10.8. The maximum atomic E-state index is 11.0. The van der Waals surface area contributed by atoms with Gasteiger partial charge in [0.2, 0.25) is 5.91 Å². The molecule has 3 heteroatoms. The Hall–Kier alpha value is -0.830. The van der Waals surface area contributed by atoms with Gasteiger partial charge in [0.25, 0.3) is 0 Å². The van der Waals surface area contributed by atoms with Crippen molar-refractivity contribution in [3.05, 3.63) is 12.7 Å². The summed E-state index contributed by atoms with van der Waals surface area (Å²) in [7, 11) is 0. The van der Waals surface area contributed by atoms with Crippen molar-refractivity contribution >= 4 is 5.91 Å². The summed E-state index contributed by atoms with van der Waals surface area (Å²) < 4.78 is 0. The van der Waals surface area contributed by atoms with Crippen molar-refractivity contribution in [3.63, 3.8) is 0 Å². The molecule has 0 unspecified atom stereocenters.